The van der Waals surface area contributed by atoms with Gasteiger partial charge < -0.3 is 20.3 Å². The van der Waals surface area contributed by atoms with E-state index in [1.54, 1.807) is 29.2 Å². The van der Waals surface area contributed by atoms with Gasteiger partial charge in [0.25, 0.3) is 0 Å². The fraction of sp³-hybridized carbons (Fsp3) is 0.300. The number of rotatable bonds is 5. The Labute approximate surface area is 153 Å². The number of carbonyl (C=O) groups excluding carboxylic acids is 2. The highest BCUT2D eigenvalue weighted by atomic mass is 16.5. The number of amides is 3. The summed E-state index contributed by atoms with van der Waals surface area (Å²) in [6.45, 7) is 5.10. The number of carbonyl (C=O) groups is 2. The zero-order valence-corrected chi connectivity index (χ0v) is 15.0. The predicted octanol–water partition coefficient (Wildman–Crippen LogP) is 3.32. The van der Waals surface area contributed by atoms with E-state index in [0.717, 1.165) is 17.0 Å². The lowest BCUT2D eigenvalue weighted by Gasteiger charge is -2.17. The Balaban J connectivity index is 1.56. The van der Waals surface area contributed by atoms with E-state index in [9.17, 15) is 9.59 Å². The molecule has 1 heterocycles. The molecule has 0 aromatic heterocycles. The van der Waals surface area contributed by atoms with Crippen LogP contribution in [0.5, 0.6) is 5.75 Å². The highest BCUT2D eigenvalue weighted by molar-refractivity contribution is 6.02. The minimum atomic E-state index is -0.515. The van der Waals surface area contributed by atoms with Gasteiger partial charge in [-0.05, 0) is 56.7 Å². The molecule has 3 amide bonds. The minimum absolute atomic E-state index is 0.0873. The Kier molecular flexibility index (Phi) is 5.41. The number of hydrogen-bond donors (Lipinski definition) is 2. The number of anilines is 2. The van der Waals surface area contributed by atoms with Crippen LogP contribution in [0.1, 0.15) is 18.9 Å². The Hall–Kier alpha value is -3.02. The SMILES string of the molecule is CCOc1ccc(NC(=O)N[C@H]2CCN(c3ccc(C)cc3)C2=O)cc1. The van der Waals surface area contributed by atoms with Crippen molar-refractivity contribution in [3.8, 4) is 5.75 Å². The first-order valence-corrected chi connectivity index (χ1v) is 8.75. The van der Waals surface area contributed by atoms with Crippen LogP contribution in [0.4, 0.5) is 16.2 Å². The molecular formula is C20H23N3O3. The van der Waals surface area contributed by atoms with Crippen LogP contribution in [0.3, 0.4) is 0 Å². The maximum Gasteiger partial charge on any atom is 0.319 e. The first-order valence-electron chi connectivity index (χ1n) is 8.75. The number of ether oxygens (including phenoxy) is 1. The molecule has 136 valence electrons. The average molecular weight is 353 g/mol. The van der Waals surface area contributed by atoms with Gasteiger partial charge in [0.15, 0.2) is 0 Å². The fourth-order valence-corrected chi connectivity index (χ4v) is 2.92. The Morgan fingerprint density at radius 3 is 2.50 bits per heavy atom. The lowest BCUT2D eigenvalue weighted by Crippen LogP contribution is -2.43. The lowest BCUT2D eigenvalue weighted by atomic mass is 10.2. The first kappa shape index (κ1) is 17.8. The monoisotopic (exact) mass is 353 g/mol. The Morgan fingerprint density at radius 1 is 1.15 bits per heavy atom. The summed E-state index contributed by atoms with van der Waals surface area (Å²) in [4.78, 5) is 26.5. The molecule has 0 spiro atoms. The van der Waals surface area contributed by atoms with Crippen molar-refractivity contribution < 1.29 is 14.3 Å². The minimum Gasteiger partial charge on any atom is -0.494 e. The van der Waals surface area contributed by atoms with E-state index >= 15 is 0 Å². The molecule has 0 radical (unpaired) electrons. The molecule has 0 saturated carbocycles. The molecule has 2 aromatic rings. The second-order valence-corrected chi connectivity index (χ2v) is 6.22. The summed E-state index contributed by atoms with van der Waals surface area (Å²) in [5, 5.41) is 5.50. The van der Waals surface area contributed by atoms with Crippen molar-refractivity contribution >= 4 is 23.3 Å². The van der Waals surface area contributed by atoms with Crippen molar-refractivity contribution in [1.82, 2.24) is 5.32 Å². The quantitative estimate of drug-likeness (QED) is 0.866. The van der Waals surface area contributed by atoms with E-state index < -0.39 is 12.1 Å². The van der Waals surface area contributed by atoms with Gasteiger partial charge in [0.1, 0.15) is 11.8 Å². The van der Waals surface area contributed by atoms with Crippen molar-refractivity contribution in [3.05, 3.63) is 54.1 Å². The van der Waals surface area contributed by atoms with Crippen molar-refractivity contribution in [2.75, 3.05) is 23.4 Å². The van der Waals surface area contributed by atoms with Crippen LogP contribution in [0, 0.1) is 6.92 Å². The fourth-order valence-electron chi connectivity index (χ4n) is 2.92. The van der Waals surface area contributed by atoms with Crippen LogP contribution < -0.4 is 20.3 Å². The van der Waals surface area contributed by atoms with Crippen molar-refractivity contribution in [3.63, 3.8) is 0 Å². The van der Waals surface area contributed by atoms with E-state index in [0.29, 0.717) is 25.3 Å². The van der Waals surface area contributed by atoms with Gasteiger partial charge in [0.05, 0.1) is 6.61 Å². The Morgan fingerprint density at radius 2 is 1.85 bits per heavy atom. The third-order valence-corrected chi connectivity index (χ3v) is 4.28. The molecule has 1 aliphatic heterocycles. The van der Waals surface area contributed by atoms with Gasteiger partial charge in [-0.3, -0.25) is 4.79 Å². The van der Waals surface area contributed by atoms with Crippen LogP contribution in [0.15, 0.2) is 48.5 Å². The molecule has 0 aliphatic carbocycles. The molecule has 3 rings (SSSR count). The molecule has 1 aliphatic rings. The zero-order chi connectivity index (χ0) is 18.5. The molecular weight excluding hydrogens is 330 g/mol. The standard InChI is InChI=1S/C20H23N3O3/c1-3-26-17-10-6-15(7-11-17)21-20(25)22-18-12-13-23(19(18)24)16-8-4-14(2)5-9-16/h4-11,18H,3,12-13H2,1-2H3,(H2,21,22,25)/t18-/m0/s1. The summed E-state index contributed by atoms with van der Waals surface area (Å²) in [7, 11) is 0. The molecule has 0 unspecified atom stereocenters. The van der Waals surface area contributed by atoms with Gasteiger partial charge in [0.2, 0.25) is 5.91 Å². The predicted molar refractivity (Wildman–Crippen MR) is 102 cm³/mol. The number of urea groups is 1. The molecule has 2 aromatic carbocycles. The summed E-state index contributed by atoms with van der Waals surface area (Å²) in [5.41, 5.74) is 2.65. The van der Waals surface area contributed by atoms with E-state index in [1.165, 1.54) is 0 Å². The molecule has 1 fully saturated rings. The molecule has 26 heavy (non-hydrogen) atoms. The molecule has 6 nitrogen and oxygen atoms in total. The number of nitrogens with one attached hydrogen (secondary N) is 2. The van der Waals surface area contributed by atoms with E-state index in [-0.39, 0.29) is 5.91 Å². The number of nitrogens with zero attached hydrogens (tertiary/aromatic N) is 1. The topological polar surface area (TPSA) is 70.7 Å². The summed E-state index contributed by atoms with van der Waals surface area (Å²) in [6, 6.07) is 14.0. The molecule has 1 atom stereocenters. The Bertz CT molecular complexity index is 772. The zero-order valence-electron chi connectivity index (χ0n) is 15.0. The third kappa shape index (κ3) is 4.14. The lowest BCUT2D eigenvalue weighted by molar-refractivity contribution is -0.118. The second-order valence-electron chi connectivity index (χ2n) is 6.22. The van der Waals surface area contributed by atoms with Crippen molar-refractivity contribution in [1.29, 1.82) is 0 Å². The van der Waals surface area contributed by atoms with Gasteiger partial charge in [-0.1, -0.05) is 17.7 Å². The second kappa shape index (κ2) is 7.91. The normalized spacial score (nSPS) is 16.5. The molecule has 1 saturated heterocycles. The van der Waals surface area contributed by atoms with Gasteiger partial charge in [-0.2, -0.15) is 0 Å². The third-order valence-electron chi connectivity index (χ3n) is 4.28. The van der Waals surface area contributed by atoms with E-state index in [2.05, 4.69) is 10.6 Å². The summed E-state index contributed by atoms with van der Waals surface area (Å²) in [5.74, 6) is 0.661. The van der Waals surface area contributed by atoms with Gasteiger partial charge >= 0.3 is 6.03 Å². The number of aryl methyl sites for hydroxylation is 1. The number of benzene rings is 2. The summed E-state index contributed by atoms with van der Waals surface area (Å²) in [6.07, 6.45) is 0.587. The van der Waals surface area contributed by atoms with Gasteiger partial charge in [0, 0.05) is 17.9 Å². The largest absolute Gasteiger partial charge is 0.494 e. The van der Waals surface area contributed by atoms with Crippen LogP contribution in [0.25, 0.3) is 0 Å². The van der Waals surface area contributed by atoms with E-state index in [4.69, 9.17) is 4.74 Å². The summed E-state index contributed by atoms with van der Waals surface area (Å²) >= 11 is 0. The van der Waals surface area contributed by atoms with E-state index in [1.807, 2.05) is 38.1 Å². The van der Waals surface area contributed by atoms with Gasteiger partial charge in [-0.15, -0.1) is 0 Å². The molecule has 6 heteroatoms. The van der Waals surface area contributed by atoms with Gasteiger partial charge in [-0.25, -0.2) is 4.79 Å². The summed E-state index contributed by atoms with van der Waals surface area (Å²) < 4.78 is 5.37. The van der Waals surface area contributed by atoms with Crippen LogP contribution in [0.2, 0.25) is 0 Å². The maximum atomic E-state index is 12.6. The van der Waals surface area contributed by atoms with Crippen LogP contribution >= 0.6 is 0 Å². The maximum absolute atomic E-state index is 12.6. The molecule has 0 bridgehead atoms. The van der Waals surface area contributed by atoms with Crippen LogP contribution in [-0.4, -0.2) is 31.1 Å². The average Bonchev–Trinajstić information content (AvgIpc) is 2.98. The highest BCUT2D eigenvalue weighted by Crippen LogP contribution is 2.22. The highest BCUT2D eigenvalue weighted by Gasteiger charge is 2.33. The van der Waals surface area contributed by atoms with Crippen LogP contribution in [-0.2, 0) is 4.79 Å². The van der Waals surface area contributed by atoms with Crippen molar-refractivity contribution in [2.45, 2.75) is 26.3 Å². The van der Waals surface area contributed by atoms with Crippen molar-refractivity contribution in [2.24, 2.45) is 0 Å². The smallest absolute Gasteiger partial charge is 0.319 e. The number of hydrogen-bond acceptors (Lipinski definition) is 3. The molecule has 2 N–H and O–H groups in total. The first-order chi connectivity index (χ1) is 12.6.